The van der Waals surface area contributed by atoms with Gasteiger partial charge in [0.1, 0.15) is 0 Å². The Kier molecular flexibility index (Phi) is 4.25. The summed E-state index contributed by atoms with van der Waals surface area (Å²) in [4.78, 5) is 10.0. The second kappa shape index (κ2) is 4.76. The fraction of sp³-hybridized carbons (Fsp3) is 0. The van der Waals surface area contributed by atoms with Crippen molar-refractivity contribution in [3.05, 3.63) is 34.4 Å². The summed E-state index contributed by atoms with van der Waals surface area (Å²) in [6, 6.07) is 6.88. The maximum absolute atomic E-state index is 10.4. The number of benzene rings is 1. The molecule has 0 radical (unpaired) electrons. The minimum absolute atomic E-state index is 0.195. The van der Waals surface area contributed by atoms with Gasteiger partial charge in [0.2, 0.25) is 0 Å². The molecule has 0 aliphatic carbocycles. The third kappa shape index (κ3) is 2.84. The normalized spacial score (nSPS) is 10.2. The Morgan fingerprint density at radius 2 is 2.08 bits per heavy atom. The van der Waals surface area contributed by atoms with Crippen molar-refractivity contribution in [1.29, 1.82) is 0 Å². The first-order chi connectivity index (χ1) is 5.61. The van der Waals surface area contributed by atoms with Gasteiger partial charge in [0.15, 0.2) is 0 Å². The quantitative estimate of drug-likeness (QED) is 0.300. The number of nitro groups is 1. The molecule has 0 unspecified atom stereocenters. The van der Waals surface area contributed by atoms with Crippen molar-refractivity contribution >= 4 is 58.2 Å². The summed E-state index contributed by atoms with van der Waals surface area (Å²) in [5, 5.41) is 10.4. The summed E-state index contributed by atoms with van der Waals surface area (Å²) >= 11 is 4.72. The second-order valence-electron chi connectivity index (χ2n) is 2.01. The van der Waals surface area contributed by atoms with E-state index < -0.39 is 7.95 Å². The third-order valence-electron chi connectivity index (χ3n) is 1.24. The average molecular weight is 451 g/mol. The molecule has 1 aromatic rings. The van der Waals surface area contributed by atoms with Crippen LogP contribution in [0, 0.1) is 10.1 Å². The van der Waals surface area contributed by atoms with Crippen LogP contribution in [0.1, 0.15) is 0 Å². The summed E-state index contributed by atoms with van der Waals surface area (Å²) in [6.07, 6.45) is 0. The van der Waals surface area contributed by atoms with E-state index in [2.05, 4.69) is 40.3 Å². The van der Waals surface area contributed by atoms with Crippen molar-refractivity contribution in [2.45, 2.75) is 0 Å². The molecule has 6 heteroatoms. The molecule has 0 bridgehead atoms. The van der Waals surface area contributed by atoms with E-state index in [1.165, 1.54) is 6.07 Å². The number of nitro benzene ring substituents is 1. The minimum atomic E-state index is -1.02. The molecule has 0 aliphatic rings. The SMILES string of the molecule is O=[N+]([O-])c1cccc([As](I)I)c1. The standard InChI is InChI=1S/C6H4AsI2NO2/c8-7(9)5-2-1-3-6(4-5)10(11)12/h1-4H. The molecule has 0 aromatic heterocycles. The molecule has 1 rings (SSSR count). The monoisotopic (exact) mass is 451 g/mol. The van der Waals surface area contributed by atoms with Crippen molar-refractivity contribution in [2.24, 2.45) is 0 Å². The van der Waals surface area contributed by atoms with Crippen molar-refractivity contribution < 1.29 is 4.92 Å². The van der Waals surface area contributed by atoms with E-state index in [1.54, 1.807) is 12.1 Å². The molecular weight excluding hydrogens is 447 g/mol. The third-order valence-corrected chi connectivity index (χ3v) is 8.43. The zero-order chi connectivity index (χ0) is 9.14. The molecule has 0 saturated carbocycles. The van der Waals surface area contributed by atoms with E-state index in [1.807, 2.05) is 6.07 Å². The van der Waals surface area contributed by atoms with Crippen molar-refractivity contribution in [1.82, 2.24) is 0 Å². The van der Waals surface area contributed by atoms with Crippen molar-refractivity contribution in [3.8, 4) is 0 Å². The van der Waals surface area contributed by atoms with E-state index in [0.29, 0.717) is 0 Å². The van der Waals surface area contributed by atoms with Gasteiger partial charge in [-0.2, -0.15) is 0 Å². The topological polar surface area (TPSA) is 43.1 Å². The predicted octanol–water partition coefficient (Wildman–Crippen LogP) is 2.16. The summed E-state index contributed by atoms with van der Waals surface area (Å²) in [7, 11) is -1.02. The molecule has 1 aromatic carbocycles. The Morgan fingerprint density at radius 3 is 2.58 bits per heavy atom. The molecule has 0 fully saturated rings. The van der Waals surface area contributed by atoms with E-state index >= 15 is 0 Å². The number of hydrogen-bond acceptors (Lipinski definition) is 2. The number of non-ortho nitro benzene ring substituents is 1. The zero-order valence-electron chi connectivity index (χ0n) is 5.78. The van der Waals surface area contributed by atoms with Gasteiger partial charge < -0.3 is 0 Å². The Morgan fingerprint density at radius 1 is 1.42 bits per heavy atom. The van der Waals surface area contributed by atoms with E-state index in [-0.39, 0.29) is 10.6 Å². The van der Waals surface area contributed by atoms with Crippen LogP contribution in [0.2, 0.25) is 0 Å². The number of rotatable bonds is 2. The second-order valence-corrected chi connectivity index (χ2v) is 23.7. The molecule has 12 heavy (non-hydrogen) atoms. The summed E-state index contributed by atoms with van der Waals surface area (Å²) in [5.74, 6) is 0. The molecule has 3 nitrogen and oxygen atoms in total. The Hall–Kier alpha value is 0.638. The first-order valence-corrected chi connectivity index (χ1v) is 15.4. The Bertz CT molecular complexity index is 305. The van der Waals surface area contributed by atoms with Gasteiger partial charge in [-0.1, -0.05) is 0 Å². The van der Waals surface area contributed by atoms with Crippen molar-refractivity contribution in [2.75, 3.05) is 0 Å². The number of nitrogens with zero attached hydrogens (tertiary/aromatic N) is 1. The molecule has 0 atom stereocenters. The summed E-state index contributed by atoms with van der Waals surface area (Å²) in [6.45, 7) is 0. The fourth-order valence-corrected chi connectivity index (χ4v) is 4.73. The molecule has 0 amide bonds. The van der Waals surface area contributed by atoms with Gasteiger partial charge in [0, 0.05) is 0 Å². The number of hydrogen-bond donors (Lipinski definition) is 0. The van der Waals surface area contributed by atoms with Crippen LogP contribution in [-0.2, 0) is 0 Å². The average Bonchev–Trinajstić information content (AvgIpc) is 2.04. The molecule has 64 valence electrons. The van der Waals surface area contributed by atoms with Crippen LogP contribution in [-0.4, -0.2) is 12.9 Å². The molecule has 0 N–H and O–H groups in total. The van der Waals surface area contributed by atoms with Crippen LogP contribution in [0.25, 0.3) is 0 Å². The Labute approximate surface area is 96.4 Å². The van der Waals surface area contributed by atoms with E-state index in [9.17, 15) is 10.1 Å². The van der Waals surface area contributed by atoms with Crippen LogP contribution >= 0.6 is 40.3 Å². The van der Waals surface area contributed by atoms with Gasteiger partial charge in [0.25, 0.3) is 0 Å². The molecule has 0 heterocycles. The fourth-order valence-electron chi connectivity index (χ4n) is 0.712. The van der Waals surface area contributed by atoms with Crippen LogP contribution in [0.4, 0.5) is 5.69 Å². The predicted molar refractivity (Wildman–Crippen MR) is 66.5 cm³/mol. The summed E-state index contributed by atoms with van der Waals surface area (Å²) < 4.78 is 1.12. The van der Waals surface area contributed by atoms with Gasteiger partial charge in [-0.25, -0.2) is 0 Å². The van der Waals surface area contributed by atoms with Gasteiger partial charge >= 0.3 is 97.6 Å². The summed E-state index contributed by atoms with van der Waals surface area (Å²) in [5.41, 5.74) is 0.195. The van der Waals surface area contributed by atoms with Crippen LogP contribution in [0.3, 0.4) is 0 Å². The zero-order valence-corrected chi connectivity index (χ0v) is 12.0. The van der Waals surface area contributed by atoms with Gasteiger partial charge in [-0.3, -0.25) is 0 Å². The maximum atomic E-state index is 10.4. The Balaban J connectivity index is 3.04. The van der Waals surface area contributed by atoms with Gasteiger partial charge in [-0.05, 0) is 0 Å². The van der Waals surface area contributed by atoms with Crippen LogP contribution < -0.4 is 4.35 Å². The molecule has 0 aliphatic heterocycles. The number of halogens is 2. The van der Waals surface area contributed by atoms with Crippen LogP contribution in [0.5, 0.6) is 0 Å². The van der Waals surface area contributed by atoms with Crippen molar-refractivity contribution in [3.63, 3.8) is 0 Å². The van der Waals surface area contributed by atoms with Gasteiger partial charge in [-0.15, -0.1) is 0 Å². The van der Waals surface area contributed by atoms with E-state index in [4.69, 9.17) is 0 Å². The van der Waals surface area contributed by atoms with E-state index in [0.717, 1.165) is 4.35 Å². The molecular formula is C6H4AsI2NO2. The van der Waals surface area contributed by atoms with Crippen LogP contribution in [0.15, 0.2) is 24.3 Å². The first kappa shape index (κ1) is 10.7. The van der Waals surface area contributed by atoms with Gasteiger partial charge in [0.05, 0.1) is 0 Å². The molecule has 0 saturated heterocycles. The first-order valence-electron chi connectivity index (χ1n) is 2.97. The molecule has 0 spiro atoms.